The first-order valence-electron chi connectivity index (χ1n) is 23.3. The number of carbonyl (C=O) groups excluding carboxylic acids is 3. The Morgan fingerprint density at radius 2 is 0.806 bits per heavy atom. The van der Waals surface area contributed by atoms with Gasteiger partial charge in [0, 0.05) is 7.11 Å². The van der Waals surface area contributed by atoms with Crippen LogP contribution >= 0.6 is 0 Å². The third kappa shape index (κ3) is 13.6. The molecule has 16 heteroatoms. The van der Waals surface area contributed by atoms with Crippen molar-refractivity contribution in [1.82, 2.24) is 0 Å². The number of ether oxygens (including phenoxy) is 10. The van der Waals surface area contributed by atoms with Crippen LogP contribution in [0.15, 0.2) is 182 Å². The molecule has 0 spiro atoms. The second-order valence-corrected chi connectivity index (χ2v) is 16.9. The zero-order valence-electron chi connectivity index (χ0n) is 39.1. The predicted molar refractivity (Wildman–Crippen MR) is 253 cm³/mol. The van der Waals surface area contributed by atoms with E-state index in [2.05, 4.69) is 0 Å². The predicted octanol–water partition coefficient (Wildman–Crippen LogP) is 9.34. The van der Waals surface area contributed by atoms with Gasteiger partial charge in [-0.1, -0.05) is 146 Å². The van der Waals surface area contributed by atoms with Crippen molar-refractivity contribution in [3.63, 3.8) is 0 Å². The number of hydrogen-bond acceptors (Lipinski definition) is 13. The van der Waals surface area contributed by atoms with Crippen LogP contribution in [0, 0.1) is 5.92 Å². The molecule has 72 heavy (non-hydrogen) atoms. The second-order valence-electron chi connectivity index (χ2n) is 16.9. The van der Waals surface area contributed by atoms with E-state index in [-0.39, 0.29) is 36.5 Å². The van der Waals surface area contributed by atoms with Crippen LogP contribution in [0.2, 0.25) is 0 Å². The topological polar surface area (TPSA) is 144 Å². The molecule has 0 radical (unpaired) electrons. The summed E-state index contributed by atoms with van der Waals surface area (Å²) in [5.74, 6) is -5.89. The molecule has 8 rings (SSSR count). The fourth-order valence-electron chi connectivity index (χ4n) is 8.41. The van der Waals surface area contributed by atoms with Crippen LogP contribution in [-0.4, -0.2) is 99.7 Å². The Morgan fingerprint density at radius 3 is 1.25 bits per heavy atom. The second kappa shape index (κ2) is 25.1. The lowest BCUT2D eigenvalue weighted by Crippen LogP contribution is -2.64. The molecule has 10 atom stereocenters. The Balaban J connectivity index is 1.15. The third-order valence-corrected chi connectivity index (χ3v) is 12.0. The third-order valence-electron chi connectivity index (χ3n) is 12.0. The average Bonchev–Trinajstić information content (AvgIpc) is 3.41. The van der Waals surface area contributed by atoms with Gasteiger partial charge in [0.15, 0.2) is 24.8 Å². The molecule has 2 fully saturated rings. The Morgan fingerprint density at radius 1 is 0.431 bits per heavy atom. The van der Waals surface area contributed by atoms with Crippen LogP contribution in [0.5, 0.6) is 0 Å². The Labute approximate surface area is 414 Å². The maximum absolute atomic E-state index is 16.0. The highest BCUT2D eigenvalue weighted by Gasteiger charge is 2.62. The zero-order valence-corrected chi connectivity index (χ0v) is 39.1. The average molecular weight is 991 g/mol. The van der Waals surface area contributed by atoms with Gasteiger partial charge in [-0.15, -0.1) is 0 Å². The number of methoxy groups -OCH3 is 1. The van der Waals surface area contributed by atoms with Crippen LogP contribution in [0.3, 0.4) is 0 Å². The number of alkyl halides is 3. The van der Waals surface area contributed by atoms with Crippen molar-refractivity contribution in [3.8, 4) is 0 Å². The lowest BCUT2D eigenvalue weighted by Gasteiger charge is -2.47. The molecule has 2 saturated heterocycles. The Hall–Kier alpha value is -6.76. The number of carbonyl (C=O) groups is 3. The van der Waals surface area contributed by atoms with Gasteiger partial charge >= 0.3 is 24.1 Å². The van der Waals surface area contributed by atoms with Gasteiger partial charge in [0.05, 0.1) is 43.1 Å². The lowest BCUT2D eigenvalue weighted by molar-refractivity contribution is -0.360. The summed E-state index contributed by atoms with van der Waals surface area (Å²) in [5.41, 5.74) is 2.44. The molecule has 0 N–H and O–H groups in total. The molecule has 0 aromatic heterocycles. The maximum atomic E-state index is 16.0. The van der Waals surface area contributed by atoms with E-state index >= 15 is 13.2 Å². The largest absolute Gasteiger partial charge is 0.459 e. The summed E-state index contributed by atoms with van der Waals surface area (Å²) >= 11 is 0. The summed E-state index contributed by atoms with van der Waals surface area (Å²) < 4.78 is 110. The summed E-state index contributed by atoms with van der Waals surface area (Å²) in [6.07, 6.45) is -19.0. The quantitative estimate of drug-likeness (QED) is 0.0530. The van der Waals surface area contributed by atoms with Gasteiger partial charge in [-0.25, -0.2) is 14.4 Å². The molecular formula is C56H53F3O13. The molecule has 0 bridgehead atoms. The lowest BCUT2D eigenvalue weighted by atomic mass is 9.89. The Bertz CT molecular complexity index is 2600. The highest BCUT2D eigenvalue weighted by Crippen LogP contribution is 2.43. The van der Waals surface area contributed by atoms with Gasteiger partial charge in [-0.2, -0.15) is 13.2 Å². The number of esters is 3. The van der Waals surface area contributed by atoms with Crippen molar-refractivity contribution in [2.24, 2.45) is 5.92 Å². The molecule has 0 amide bonds. The van der Waals surface area contributed by atoms with Gasteiger partial charge in [-0.3, -0.25) is 0 Å². The van der Waals surface area contributed by atoms with Gasteiger partial charge in [-0.05, 0) is 53.1 Å². The minimum absolute atomic E-state index is 0.0194. The molecule has 0 saturated carbocycles. The van der Waals surface area contributed by atoms with Crippen molar-refractivity contribution in [3.05, 3.63) is 215 Å². The van der Waals surface area contributed by atoms with E-state index in [1.165, 1.54) is 67.8 Å². The summed E-state index contributed by atoms with van der Waals surface area (Å²) in [6.45, 7) is -1.21. The van der Waals surface area contributed by atoms with Crippen molar-refractivity contribution in [2.75, 3.05) is 20.3 Å². The highest BCUT2D eigenvalue weighted by molar-refractivity contribution is 5.91. The first-order chi connectivity index (χ1) is 35.1. The van der Waals surface area contributed by atoms with E-state index in [1.807, 2.05) is 91.0 Å². The standard InChI is InChI=1S/C56H53F3O13/c1-63-55-50(66-34-39-24-12-4-13-25-39)49(65-33-38-22-10-3-11-23-38)46(64-32-37-20-8-2-9-21-37)43(70-55)36-68-54-45(56(57,58)59)48(72-53(62)42-30-18-7-19-31-42)47(71-52(61)41-28-16-6-17-29-41)44(69-54)35-67-51(60)40-26-14-5-15-27-40/h2-31,43-50,54-55H,32-36H2,1H3/t43-,44-,45+,46-,47-,48-,49?,50-,54-,55+/m1/s1. The number of hydrogen-bond donors (Lipinski definition) is 0. The molecule has 6 aromatic rings. The fourth-order valence-corrected chi connectivity index (χ4v) is 8.41. The molecule has 13 nitrogen and oxygen atoms in total. The molecule has 1 unspecified atom stereocenters. The Kier molecular flexibility index (Phi) is 18.0. The maximum Gasteiger partial charge on any atom is 0.400 e. The molecule has 2 aliphatic rings. The normalized spacial score (nSPS) is 24.2. The first-order valence-corrected chi connectivity index (χ1v) is 23.3. The van der Waals surface area contributed by atoms with E-state index < -0.39 is 98.5 Å². The van der Waals surface area contributed by atoms with Crippen LogP contribution in [0.4, 0.5) is 13.2 Å². The summed E-state index contributed by atoms with van der Waals surface area (Å²) in [5, 5.41) is 0. The van der Waals surface area contributed by atoms with E-state index in [1.54, 1.807) is 30.3 Å². The van der Waals surface area contributed by atoms with Crippen LogP contribution in [0.1, 0.15) is 47.8 Å². The van der Waals surface area contributed by atoms with E-state index in [0.717, 1.165) is 16.7 Å². The van der Waals surface area contributed by atoms with Gasteiger partial charge in [0.1, 0.15) is 43.0 Å². The number of halogens is 3. The molecular weight excluding hydrogens is 938 g/mol. The molecule has 2 heterocycles. The van der Waals surface area contributed by atoms with Crippen LogP contribution in [0.25, 0.3) is 0 Å². The molecule has 376 valence electrons. The first kappa shape index (κ1) is 51.6. The van der Waals surface area contributed by atoms with Gasteiger partial charge < -0.3 is 47.4 Å². The van der Waals surface area contributed by atoms with Gasteiger partial charge in [0.25, 0.3) is 0 Å². The molecule has 6 aromatic carbocycles. The van der Waals surface area contributed by atoms with Crippen molar-refractivity contribution >= 4 is 17.9 Å². The summed E-state index contributed by atoms with van der Waals surface area (Å²) in [6, 6.07) is 50.7. The minimum atomic E-state index is -5.25. The molecule has 2 aliphatic heterocycles. The van der Waals surface area contributed by atoms with Crippen LogP contribution < -0.4 is 0 Å². The highest BCUT2D eigenvalue weighted by atomic mass is 19.4. The van der Waals surface area contributed by atoms with Crippen molar-refractivity contribution in [2.45, 2.75) is 81.3 Å². The smallest absolute Gasteiger partial charge is 0.400 e. The van der Waals surface area contributed by atoms with Crippen molar-refractivity contribution < 1.29 is 74.9 Å². The number of benzene rings is 6. The van der Waals surface area contributed by atoms with Crippen molar-refractivity contribution in [1.29, 1.82) is 0 Å². The zero-order chi connectivity index (χ0) is 50.3. The summed E-state index contributed by atoms with van der Waals surface area (Å²) in [4.78, 5) is 41.0. The van der Waals surface area contributed by atoms with Gasteiger partial charge in [0.2, 0.25) is 0 Å². The van der Waals surface area contributed by atoms with E-state index in [4.69, 9.17) is 47.4 Å². The van der Waals surface area contributed by atoms with E-state index in [0.29, 0.717) is 0 Å². The fraction of sp³-hybridized carbons (Fsp3) is 0.304. The monoisotopic (exact) mass is 990 g/mol. The molecule has 0 aliphatic carbocycles. The minimum Gasteiger partial charge on any atom is -0.459 e. The summed E-state index contributed by atoms with van der Waals surface area (Å²) in [7, 11) is 1.40. The van der Waals surface area contributed by atoms with E-state index in [9.17, 15) is 14.4 Å². The SMILES string of the molecule is CO[C@H]1O[C@H](CO[C@@H]2O[C@H](COC(=O)c3ccccc3)[C@@H](OC(=O)c3ccccc3)[C@H](OC(=O)c3ccccc3)[C@@H]2C(F)(F)F)[C@@H](OCc2ccccc2)C(OCc2ccccc2)[C@H]1OCc1ccccc1. The van der Waals surface area contributed by atoms with Crippen LogP contribution in [-0.2, 0) is 67.2 Å². The number of rotatable bonds is 20.